The van der Waals surface area contributed by atoms with Crippen LogP contribution >= 0.6 is 11.3 Å². The third kappa shape index (κ3) is 3.93. The maximum absolute atomic E-state index is 12.3. The van der Waals surface area contributed by atoms with Crippen molar-refractivity contribution in [2.45, 2.75) is 39.5 Å². The molecule has 0 aliphatic carbocycles. The van der Waals surface area contributed by atoms with Crippen LogP contribution in [-0.2, 0) is 16.0 Å². The number of anilines is 2. The predicted octanol–water partition coefficient (Wildman–Crippen LogP) is 3.30. The van der Waals surface area contributed by atoms with E-state index < -0.39 is 0 Å². The van der Waals surface area contributed by atoms with Crippen molar-refractivity contribution in [3.8, 4) is 0 Å². The van der Waals surface area contributed by atoms with Crippen molar-refractivity contribution in [3.63, 3.8) is 0 Å². The van der Waals surface area contributed by atoms with E-state index in [-0.39, 0.29) is 23.8 Å². The van der Waals surface area contributed by atoms with Crippen LogP contribution in [0.15, 0.2) is 29.1 Å². The molecule has 7 nitrogen and oxygen atoms in total. The van der Waals surface area contributed by atoms with Crippen LogP contribution < -0.4 is 15.8 Å². The van der Waals surface area contributed by atoms with E-state index in [0.29, 0.717) is 34.6 Å². The van der Waals surface area contributed by atoms with Crippen molar-refractivity contribution in [1.29, 1.82) is 0 Å². The summed E-state index contributed by atoms with van der Waals surface area (Å²) in [5.74, 6) is 0.495. The number of hydrogen-bond donors (Lipinski definition) is 2. The van der Waals surface area contributed by atoms with Gasteiger partial charge in [0.05, 0.1) is 5.39 Å². The lowest BCUT2D eigenvalue weighted by molar-refractivity contribution is -0.117. The fraction of sp³-hybridized carbons (Fsp3) is 0.333. The molecule has 0 radical (unpaired) electrons. The molecule has 0 saturated carbocycles. The molecule has 2 aromatic heterocycles. The molecular formula is C21H22N4O3S. The molecule has 0 bridgehead atoms. The number of thiophene rings is 1. The van der Waals surface area contributed by atoms with E-state index in [9.17, 15) is 14.4 Å². The largest absolute Gasteiger partial charge is 0.326 e. The van der Waals surface area contributed by atoms with Crippen molar-refractivity contribution in [1.82, 2.24) is 9.97 Å². The maximum atomic E-state index is 12.3. The average molecular weight is 410 g/mol. The van der Waals surface area contributed by atoms with E-state index in [0.717, 1.165) is 29.1 Å². The van der Waals surface area contributed by atoms with Crippen LogP contribution in [0.3, 0.4) is 0 Å². The summed E-state index contributed by atoms with van der Waals surface area (Å²) in [6, 6.07) is 7.27. The number of rotatable bonds is 5. The molecule has 0 unspecified atom stereocenters. The monoisotopic (exact) mass is 410 g/mol. The summed E-state index contributed by atoms with van der Waals surface area (Å²) in [5, 5.41) is 3.48. The molecule has 29 heavy (non-hydrogen) atoms. The van der Waals surface area contributed by atoms with Crippen LogP contribution in [0.5, 0.6) is 0 Å². The minimum absolute atomic E-state index is 0.136. The molecule has 3 heterocycles. The summed E-state index contributed by atoms with van der Waals surface area (Å²) >= 11 is 1.50. The van der Waals surface area contributed by atoms with Gasteiger partial charge in [0.25, 0.3) is 5.56 Å². The standard InChI is InChI=1S/C21H22N4O3S/c1-12-13(2)29-21-19(12)20(28)23-16(24-21)9-10-17(26)22-14-5-7-15(8-6-14)25-11-3-4-18(25)27/h5-8H,3-4,9-11H2,1-2H3,(H,22,26)(H,23,24,28). The highest BCUT2D eigenvalue weighted by Gasteiger charge is 2.21. The fourth-order valence-electron chi connectivity index (χ4n) is 3.52. The maximum Gasteiger partial charge on any atom is 0.259 e. The predicted molar refractivity (Wildman–Crippen MR) is 115 cm³/mol. The van der Waals surface area contributed by atoms with Crippen LogP contribution in [0, 0.1) is 13.8 Å². The van der Waals surface area contributed by atoms with Gasteiger partial charge < -0.3 is 15.2 Å². The van der Waals surface area contributed by atoms with Gasteiger partial charge in [-0.05, 0) is 50.1 Å². The number of carbonyl (C=O) groups is 2. The van der Waals surface area contributed by atoms with E-state index in [4.69, 9.17) is 0 Å². The Labute approximate surface area is 171 Å². The Morgan fingerprint density at radius 1 is 1.24 bits per heavy atom. The zero-order valence-corrected chi connectivity index (χ0v) is 17.2. The van der Waals surface area contributed by atoms with E-state index in [1.165, 1.54) is 11.3 Å². The van der Waals surface area contributed by atoms with Gasteiger partial charge in [0, 0.05) is 42.1 Å². The van der Waals surface area contributed by atoms with Gasteiger partial charge in [0.1, 0.15) is 10.7 Å². The lowest BCUT2D eigenvalue weighted by Gasteiger charge is -2.16. The Bertz CT molecular complexity index is 1150. The van der Waals surface area contributed by atoms with E-state index >= 15 is 0 Å². The van der Waals surface area contributed by atoms with E-state index in [2.05, 4.69) is 15.3 Å². The van der Waals surface area contributed by atoms with Gasteiger partial charge in [0.15, 0.2) is 0 Å². The number of amides is 2. The smallest absolute Gasteiger partial charge is 0.259 e. The molecule has 3 aromatic rings. The number of nitrogens with one attached hydrogen (secondary N) is 2. The number of aromatic amines is 1. The number of carbonyl (C=O) groups excluding carboxylic acids is 2. The van der Waals surface area contributed by atoms with Crippen molar-refractivity contribution in [3.05, 3.63) is 50.9 Å². The second kappa shape index (κ2) is 7.79. The molecule has 2 N–H and O–H groups in total. The molecule has 150 valence electrons. The number of aryl methyl sites for hydroxylation is 3. The van der Waals surface area contributed by atoms with Gasteiger partial charge in [-0.2, -0.15) is 0 Å². The second-order valence-corrected chi connectivity index (χ2v) is 8.42. The Hall–Kier alpha value is -3.00. The minimum Gasteiger partial charge on any atom is -0.326 e. The van der Waals surface area contributed by atoms with E-state index in [1.54, 1.807) is 17.0 Å². The third-order valence-electron chi connectivity index (χ3n) is 5.21. The molecule has 1 aliphatic rings. The third-order valence-corrected chi connectivity index (χ3v) is 6.31. The molecule has 4 rings (SSSR count). The average Bonchev–Trinajstić information content (AvgIpc) is 3.24. The highest BCUT2D eigenvalue weighted by Crippen LogP contribution is 2.26. The first kappa shape index (κ1) is 19.3. The first-order chi connectivity index (χ1) is 13.9. The van der Waals surface area contributed by atoms with Gasteiger partial charge in [-0.25, -0.2) is 4.98 Å². The Morgan fingerprint density at radius 2 is 2.00 bits per heavy atom. The van der Waals surface area contributed by atoms with Gasteiger partial charge >= 0.3 is 0 Å². The minimum atomic E-state index is -0.156. The normalized spacial score (nSPS) is 14.0. The summed E-state index contributed by atoms with van der Waals surface area (Å²) in [6.45, 7) is 4.63. The first-order valence-corrected chi connectivity index (χ1v) is 10.4. The van der Waals surface area contributed by atoms with Crippen LogP contribution in [0.2, 0.25) is 0 Å². The second-order valence-electron chi connectivity index (χ2n) is 7.22. The van der Waals surface area contributed by atoms with Gasteiger partial charge in [0.2, 0.25) is 11.8 Å². The highest BCUT2D eigenvalue weighted by atomic mass is 32.1. The van der Waals surface area contributed by atoms with Crippen LogP contribution in [0.25, 0.3) is 10.2 Å². The van der Waals surface area contributed by atoms with Crippen molar-refractivity contribution < 1.29 is 9.59 Å². The van der Waals surface area contributed by atoms with Crippen LogP contribution in [0.4, 0.5) is 11.4 Å². The molecule has 1 fully saturated rings. The summed E-state index contributed by atoms with van der Waals surface area (Å²) in [4.78, 5) is 47.3. The molecule has 2 amide bonds. The number of benzene rings is 1. The molecule has 0 spiro atoms. The fourth-order valence-corrected chi connectivity index (χ4v) is 4.57. The number of hydrogen-bond acceptors (Lipinski definition) is 5. The summed E-state index contributed by atoms with van der Waals surface area (Å²) < 4.78 is 0. The van der Waals surface area contributed by atoms with Gasteiger partial charge in [-0.1, -0.05) is 0 Å². The number of nitrogens with zero attached hydrogens (tertiary/aromatic N) is 2. The quantitative estimate of drug-likeness (QED) is 0.675. The topological polar surface area (TPSA) is 95.2 Å². The zero-order valence-electron chi connectivity index (χ0n) is 16.4. The molecule has 1 aliphatic heterocycles. The summed E-state index contributed by atoms with van der Waals surface area (Å²) in [7, 11) is 0. The number of H-pyrrole nitrogens is 1. The number of aromatic nitrogens is 2. The molecule has 8 heteroatoms. The lowest BCUT2D eigenvalue weighted by Crippen LogP contribution is -2.23. The van der Waals surface area contributed by atoms with Gasteiger partial charge in [-0.15, -0.1) is 11.3 Å². The van der Waals surface area contributed by atoms with Crippen molar-refractivity contribution in [2.75, 3.05) is 16.8 Å². The summed E-state index contributed by atoms with van der Waals surface area (Å²) in [6.07, 6.45) is 2.03. The Morgan fingerprint density at radius 3 is 2.69 bits per heavy atom. The van der Waals surface area contributed by atoms with E-state index in [1.807, 2.05) is 26.0 Å². The SMILES string of the molecule is Cc1sc2nc(CCC(=O)Nc3ccc(N4CCCC4=O)cc3)[nH]c(=O)c2c1C. The molecular weight excluding hydrogens is 388 g/mol. The van der Waals surface area contributed by atoms with Gasteiger partial charge in [-0.3, -0.25) is 14.4 Å². The van der Waals surface area contributed by atoms with Crippen LogP contribution in [-0.4, -0.2) is 28.3 Å². The van der Waals surface area contributed by atoms with Crippen molar-refractivity contribution >= 4 is 44.7 Å². The summed E-state index contributed by atoms with van der Waals surface area (Å²) in [5.41, 5.74) is 2.33. The molecule has 0 atom stereocenters. The Kier molecular flexibility index (Phi) is 5.19. The lowest BCUT2D eigenvalue weighted by atomic mass is 10.2. The zero-order chi connectivity index (χ0) is 20.5. The molecule has 1 saturated heterocycles. The van der Waals surface area contributed by atoms with Crippen LogP contribution in [0.1, 0.15) is 35.5 Å². The Balaban J connectivity index is 1.38. The van der Waals surface area contributed by atoms with Crippen molar-refractivity contribution in [2.24, 2.45) is 0 Å². The highest BCUT2D eigenvalue weighted by molar-refractivity contribution is 7.18. The molecule has 1 aromatic carbocycles. The number of fused-ring (bicyclic) bond motifs is 1. The first-order valence-electron chi connectivity index (χ1n) is 9.61.